The van der Waals surface area contributed by atoms with Crippen molar-refractivity contribution >= 4 is 34.3 Å². The second kappa shape index (κ2) is 5.05. The van der Waals surface area contributed by atoms with E-state index in [1.54, 1.807) is 23.1 Å². The first kappa shape index (κ1) is 12.2. The summed E-state index contributed by atoms with van der Waals surface area (Å²) in [6.45, 7) is 2.32. The highest BCUT2D eigenvalue weighted by Gasteiger charge is 2.23. The highest BCUT2D eigenvalue weighted by atomic mass is 32.2. The van der Waals surface area contributed by atoms with Crippen LogP contribution in [0, 0.1) is 5.92 Å². The maximum absolute atomic E-state index is 11.2. The van der Waals surface area contributed by atoms with Crippen molar-refractivity contribution in [2.24, 2.45) is 5.92 Å². The molecule has 0 N–H and O–H groups in total. The van der Waals surface area contributed by atoms with Crippen LogP contribution in [-0.4, -0.2) is 20.9 Å². The van der Waals surface area contributed by atoms with Gasteiger partial charge in [-0.1, -0.05) is 19.8 Å². The van der Waals surface area contributed by atoms with Gasteiger partial charge < -0.3 is 0 Å². The third-order valence-corrected chi connectivity index (χ3v) is 5.59. The summed E-state index contributed by atoms with van der Waals surface area (Å²) < 4.78 is 1.90. The molecule has 1 fully saturated rings. The van der Waals surface area contributed by atoms with Gasteiger partial charge in [0.15, 0.2) is 11.2 Å². The van der Waals surface area contributed by atoms with E-state index in [2.05, 4.69) is 11.9 Å². The topological polar surface area (TPSA) is 34.4 Å². The lowest BCUT2D eigenvalue weighted by atomic mass is 9.91. The average Bonchev–Trinajstić information content (AvgIpc) is 2.89. The van der Waals surface area contributed by atoms with Crippen molar-refractivity contribution in [3.8, 4) is 0 Å². The quantitative estimate of drug-likeness (QED) is 0.800. The van der Waals surface area contributed by atoms with Gasteiger partial charge in [-0.15, -0.1) is 23.1 Å². The molecule has 2 aromatic rings. The second-order valence-corrected chi connectivity index (χ2v) is 7.15. The predicted octanol–water partition coefficient (Wildman–Crippen LogP) is 3.88. The predicted molar refractivity (Wildman–Crippen MR) is 75.7 cm³/mol. The fourth-order valence-corrected chi connectivity index (χ4v) is 4.83. The van der Waals surface area contributed by atoms with Crippen molar-refractivity contribution in [3.63, 3.8) is 0 Å². The van der Waals surface area contributed by atoms with Crippen LogP contribution < -0.4 is 0 Å². The number of thiazole rings is 1. The molecule has 0 bridgehead atoms. The van der Waals surface area contributed by atoms with Gasteiger partial charge in [-0.25, -0.2) is 4.98 Å². The number of nitrogens with zero attached hydrogens (tertiary/aromatic N) is 2. The summed E-state index contributed by atoms with van der Waals surface area (Å²) in [7, 11) is 0. The summed E-state index contributed by atoms with van der Waals surface area (Å²) in [5.74, 6) is 0.805. The van der Waals surface area contributed by atoms with E-state index in [0.29, 0.717) is 5.25 Å². The summed E-state index contributed by atoms with van der Waals surface area (Å²) >= 11 is 3.37. The molecule has 2 heterocycles. The van der Waals surface area contributed by atoms with Crippen LogP contribution >= 0.6 is 23.1 Å². The average molecular weight is 280 g/mol. The lowest BCUT2D eigenvalue weighted by Gasteiger charge is -2.25. The van der Waals surface area contributed by atoms with Gasteiger partial charge in [-0.3, -0.25) is 9.20 Å². The fraction of sp³-hybridized carbons (Fsp3) is 0.538. The summed E-state index contributed by atoms with van der Waals surface area (Å²) in [6.07, 6.45) is 7.99. The molecule has 0 amide bonds. The number of hydrogen-bond acceptors (Lipinski definition) is 4. The number of hydrogen-bond donors (Lipinski definition) is 0. The van der Waals surface area contributed by atoms with Gasteiger partial charge in [0.25, 0.3) is 0 Å². The van der Waals surface area contributed by atoms with Gasteiger partial charge in [0.1, 0.15) is 10.7 Å². The molecule has 2 unspecified atom stereocenters. The van der Waals surface area contributed by atoms with Crippen LogP contribution in [0.25, 0.3) is 4.96 Å². The van der Waals surface area contributed by atoms with Gasteiger partial charge >= 0.3 is 0 Å². The molecule has 5 heteroatoms. The van der Waals surface area contributed by atoms with Gasteiger partial charge in [0, 0.05) is 16.8 Å². The van der Waals surface area contributed by atoms with E-state index in [9.17, 15) is 4.79 Å². The van der Waals surface area contributed by atoms with Crippen molar-refractivity contribution in [3.05, 3.63) is 17.3 Å². The van der Waals surface area contributed by atoms with Gasteiger partial charge in [0.05, 0.1) is 0 Å². The normalized spacial score (nSPS) is 24.5. The van der Waals surface area contributed by atoms with Crippen LogP contribution in [0.3, 0.4) is 0 Å². The van der Waals surface area contributed by atoms with Crippen molar-refractivity contribution < 1.29 is 4.79 Å². The lowest BCUT2D eigenvalue weighted by Crippen LogP contribution is -2.15. The smallest absolute Gasteiger partial charge is 0.195 e. The van der Waals surface area contributed by atoms with E-state index in [0.717, 1.165) is 27.9 Å². The number of carbonyl (C=O) groups excluding carboxylic acids is 1. The van der Waals surface area contributed by atoms with Crippen LogP contribution in [0.5, 0.6) is 0 Å². The van der Waals surface area contributed by atoms with Crippen molar-refractivity contribution in [1.29, 1.82) is 0 Å². The van der Waals surface area contributed by atoms with Gasteiger partial charge in [-0.2, -0.15) is 0 Å². The van der Waals surface area contributed by atoms with Crippen LogP contribution in [0.4, 0.5) is 0 Å². The minimum Gasteiger partial charge on any atom is -0.296 e. The van der Waals surface area contributed by atoms with Crippen LogP contribution in [-0.2, 0) is 0 Å². The first-order valence-corrected chi connectivity index (χ1v) is 8.11. The number of thioether (sulfide) groups is 1. The summed E-state index contributed by atoms with van der Waals surface area (Å²) in [5.41, 5.74) is 0.717. The zero-order valence-electron chi connectivity index (χ0n) is 10.3. The van der Waals surface area contributed by atoms with Crippen molar-refractivity contribution in [2.75, 3.05) is 0 Å². The zero-order chi connectivity index (χ0) is 12.5. The summed E-state index contributed by atoms with van der Waals surface area (Å²) in [4.78, 5) is 16.7. The SMILES string of the molecule is CC1CCCC(Sc2nc3sccn3c2C=O)C1. The third kappa shape index (κ3) is 2.21. The molecule has 2 aromatic heterocycles. The Bertz CT molecular complexity index is 560. The summed E-state index contributed by atoms with van der Waals surface area (Å²) in [6, 6.07) is 0. The number of imidazole rings is 1. The van der Waals surface area contributed by atoms with Crippen molar-refractivity contribution in [2.45, 2.75) is 42.9 Å². The van der Waals surface area contributed by atoms with Crippen molar-refractivity contribution in [1.82, 2.24) is 9.38 Å². The molecule has 0 spiro atoms. The molecule has 18 heavy (non-hydrogen) atoms. The zero-order valence-corrected chi connectivity index (χ0v) is 12.0. The molecular weight excluding hydrogens is 264 g/mol. The van der Waals surface area contributed by atoms with Gasteiger partial charge in [0.2, 0.25) is 0 Å². The molecular formula is C13H16N2OS2. The second-order valence-electron chi connectivity index (χ2n) is 4.99. The van der Waals surface area contributed by atoms with Crippen LogP contribution in [0.2, 0.25) is 0 Å². The third-order valence-electron chi connectivity index (χ3n) is 3.54. The fourth-order valence-electron chi connectivity index (χ4n) is 2.62. The minimum absolute atomic E-state index is 0.622. The highest BCUT2D eigenvalue weighted by molar-refractivity contribution is 7.99. The molecule has 96 valence electrons. The minimum atomic E-state index is 0.622. The van der Waals surface area contributed by atoms with Gasteiger partial charge in [-0.05, 0) is 18.8 Å². The highest BCUT2D eigenvalue weighted by Crippen LogP contribution is 2.37. The Balaban J connectivity index is 1.85. The Labute approximate surface area is 115 Å². The standard InChI is InChI=1S/C13H16N2OS2/c1-9-3-2-4-10(7-9)18-12-11(8-16)15-5-6-17-13(15)14-12/h5-6,8-10H,2-4,7H2,1H3. The Morgan fingerprint density at radius 1 is 1.56 bits per heavy atom. The molecule has 1 aliphatic carbocycles. The van der Waals surface area contributed by atoms with E-state index >= 15 is 0 Å². The summed E-state index contributed by atoms with van der Waals surface area (Å²) in [5, 5.41) is 3.50. The van der Waals surface area contributed by atoms with Crippen LogP contribution in [0.15, 0.2) is 16.6 Å². The number of rotatable bonds is 3. The molecule has 0 saturated heterocycles. The molecule has 0 aromatic carbocycles. The molecule has 3 nitrogen and oxygen atoms in total. The molecule has 1 saturated carbocycles. The first-order chi connectivity index (χ1) is 8.78. The Hall–Kier alpha value is -0.810. The molecule has 1 aliphatic rings. The molecule has 0 radical (unpaired) electrons. The monoisotopic (exact) mass is 280 g/mol. The first-order valence-electron chi connectivity index (χ1n) is 6.35. The van der Waals surface area contributed by atoms with E-state index in [1.165, 1.54) is 25.7 Å². The number of aldehydes is 1. The largest absolute Gasteiger partial charge is 0.296 e. The molecule has 2 atom stereocenters. The Morgan fingerprint density at radius 2 is 2.44 bits per heavy atom. The Kier molecular flexibility index (Phi) is 3.43. The maximum Gasteiger partial charge on any atom is 0.195 e. The van der Waals surface area contributed by atoms with E-state index in [4.69, 9.17) is 0 Å². The number of carbonyl (C=O) groups is 1. The van der Waals surface area contributed by atoms with E-state index in [-0.39, 0.29) is 0 Å². The number of aromatic nitrogens is 2. The lowest BCUT2D eigenvalue weighted by molar-refractivity contribution is 0.111. The van der Waals surface area contributed by atoms with E-state index in [1.807, 2.05) is 16.0 Å². The van der Waals surface area contributed by atoms with Crippen LogP contribution in [0.1, 0.15) is 43.1 Å². The van der Waals surface area contributed by atoms with E-state index < -0.39 is 0 Å². The molecule has 3 rings (SSSR count). The number of fused-ring (bicyclic) bond motifs is 1. The maximum atomic E-state index is 11.2. The Morgan fingerprint density at radius 3 is 3.22 bits per heavy atom. The molecule has 0 aliphatic heterocycles.